The number of hydrogen-bond donors (Lipinski definition) is 0. The SMILES string of the molecule is C=C[C@](C)(c1ccccc1)c1ccc(OC)cc1. The van der Waals surface area contributed by atoms with E-state index in [0.717, 1.165) is 5.75 Å². The molecular formula is C17H18O. The van der Waals surface area contributed by atoms with Gasteiger partial charge in [-0.2, -0.15) is 0 Å². The summed E-state index contributed by atoms with van der Waals surface area (Å²) in [6.07, 6.45) is 1.99. The molecule has 2 rings (SSSR count). The van der Waals surface area contributed by atoms with Gasteiger partial charge in [0.1, 0.15) is 5.75 Å². The summed E-state index contributed by atoms with van der Waals surface area (Å²) in [7, 11) is 1.68. The van der Waals surface area contributed by atoms with Crippen molar-refractivity contribution in [1.29, 1.82) is 0 Å². The molecule has 0 saturated carbocycles. The van der Waals surface area contributed by atoms with Crippen LogP contribution in [0.15, 0.2) is 67.3 Å². The first-order chi connectivity index (χ1) is 8.70. The summed E-state index contributed by atoms with van der Waals surface area (Å²) in [5.41, 5.74) is 2.28. The lowest BCUT2D eigenvalue weighted by Crippen LogP contribution is -2.20. The molecule has 0 unspecified atom stereocenters. The van der Waals surface area contributed by atoms with Gasteiger partial charge in [-0.15, -0.1) is 6.58 Å². The van der Waals surface area contributed by atoms with Crippen molar-refractivity contribution >= 4 is 0 Å². The van der Waals surface area contributed by atoms with Crippen molar-refractivity contribution < 1.29 is 4.74 Å². The molecule has 18 heavy (non-hydrogen) atoms. The lowest BCUT2D eigenvalue weighted by Gasteiger charge is -2.27. The van der Waals surface area contributed by atoms with Crippen LogP contribution in [0.4, 0.5) is 0 Å². The molecule has 0 fully saturated rings. The Kier molecular flexibility index (Phi) is 3.52. The van der Waals surface area contributed by atoms with E-state index in [4.69, 9.17) is 4.74 Å². The smallest absolute Gasteiger partial charge is 0.118 e. The Morgan fingerprint density at radius 2 is 1.50 bits per heavy atom. The maximum absolute atomic E-state index is 5.20. The number of rotatable bonds is 4. The zero-order valence-electron chi connectivity index (χ0n) is 10.9. The summed E-state index contributed by atoms with van der Waals surface area (Å²) in [4.78, 5) is 0. The molecule has 92 valence electrons. The Bertz CT molecular complexity index is 513. The molecule has 0 amide bonds. The number of benzene rings is 2. The third kappa shape index (κ3) is 2.17. The first-order valence-corrected chi connectivity index (χ1v) is 6.04. The van der Waals surface area contributed by atoms with Crippen molar-refractivity contribution in [2.75, 3.05) is 7.11 Å². The first-order valence-electron chi connectivity index (χ1n) is 6.04. The fourth-order valence-corrected chi connectivity index (χ4v) is 2.12. The minimum atomic E-state index is -0.173. The Hall–Kier alpha value is -2.02. The molecule has 0 aliphatic rings. The van der Waals surface area contributed by atoms with Gasteiger partial charge in [0.15, 0.2) is 0 Å². The minimum Gasteiger partial charge on any atom is -0.497 e. The summed E-state index contributed by atoms with van der Waals surface area (Å²) < 4.78 is 5.20. The van der Waals surface area contributed by atoms with E-state index < -0.39 is 0 Å². The Morgan fingerprint density at radius 3 is 2.00 bits per heavy atom. The fourth-order valence-electron chi connectivity index (χ4n) is 2.12. The predicted molar refractivity (Wildman–Crippen MR) is 76.1 cm³/mol. The number of ether oxygens (including phenoxy) is 1. The van der Waals surface area contributed by atoms with Crippen molar-refractivity contribution in [2.24, 2.45) is 0 Å². The van der Waals surface area contributed by atoms with E-state index in [9.17, 15) is 0 Å². The highest BCUT2D eigenvalue weighted by atomic mass is 16.5. The van der Waals surface area contributed by atoms with E-state index in [1.54, 1.807) is 7.11 Å². The maximum Gasteiger partial charge on any atom is 0.118 e. The zero-order chi connectivity index (χ0) is 13.0. The quantitative estimate of drug-likeness (QED) is 0.726. The molecule has 0 aliphatic carbocycles. The van der Waals surface area contributed by atoms with Crippen molar-refractivity contribution in [2.45, 2.75) is 12.3 Å². The van der Waals surface area contributed by atoms with Gasteiger partial charge >= 0.3 is 0 Å². The standard InChI is InChI=1S/C17H18O/c1-4-17(2,14-8-6-5-7-9-14)15-10-12-16(18-3)13-11-15/h4-13H,1H2,2-3H3/t17-/m1/s1. The van der Waals surface area contributed by atoms with Gasteiger partial charge < -0.3 is 4.74 Å². The number of allylic oxidation sites excluding steroid dienone is 1. The molecule has 1 heteroatoms. The van der Waals surface area contributed by atoms with Gasteiger partial charge in [-0.25, -0.2) is 0 Å². The van der Waals surface area contributed by atoms with Crippen LogP contribution in [0.5, 0.6) is 5.75 Å². The second kappa shape index (κ2) is 5.09. The predicted octanol–water partition coefficient (Wildman–Crippen LogP) is 4.19. The molecule has 0 aliphatic heterocycles. The van der Waals surface area contributed by atoms with E-state index in [2.05, 4.69) is 49.9 Å². The van der Waals surface area contributed by atoms with Crippen molar-refractivity contribution in [3.63, 3.8) is 0 Å². The Balaban J connectivity index is 2.46. The third-order valence-electron chi connectivity index (χ3n) is 3.47. The van der Waals surface area contributed by atoms with Crippen LogP contribution in [0, 0.1) is 0 Å². The van der Waals surface area contributed by atoms with Crippen molar-refractivity contribution in [1.82, 2.24) is 0 Å². The van der Waals surface area contributed by atoms with E-state index >= 15 is 0 Å². The van der Waals surface area contributed by atoms with Gasteiger partial charge in [0.25, 0.3) is 0 Å². The van der Waals surface area contributed by atoms with Crippen LogP contribution in [0.3, 0.4) is 0 Å². The largest absolute Gasteiger partial charge is 0.497 e. The average Bonchev–Trinajstić information content (AvgIpc) is 2.47. The number of hydrogen-bond acceptors (Lipinski definition) is 1. The summed E-state index contributed by atoms with van der Waals surface area (Å²) in [5, 5.41) is 0. The summed E-state index contributed by atoms with van der Waals surface area (Å²) in [5.74, 6) is 0.873. The summed E-state index contributed by atoms with van der Waals surface area (Å²) in [6.45, 7) is 6.17. The van der Waals surface area contributed by atoms with Crippen LogP contribution >= 0.6 is 0 Å². The highest BCUT2D eigenvalue weighted by Gasteiger charge is 2.24. The number of methoxy groups -OCH3 is 1. The van der Waals surface area contributed by atoms with Gasteiger partial charge in [-0.1, -0.05) is 48.5 Å². The van der Waals surface area contributed by atoms with Crippen LogP contribution in [0.1, 0.15) is 18.1 Å². The van der Waals surface area contributed by atoms with Crippen LogP contribution in [0.2, 0.25) is 0 Å². The van der Waals surface area contributed by atoms with E-state index in [-0.39, 0.29) is 5.41 Å². The highest BCUT2D eigenvalue weighted by Crippen LogP contribution is 2.33. The average molecular weight is 238 g/mol. The normalized spacial score (nSPS) is 13.7. The van der Waals surface area contributed by atoms with Crippen LogP contribution in [-0.4, -0.2) is 7.11 Å². The molecule has 0 radical (unpaired) electrons. The van der Waals surface area contributed by atoms with Gasteiger partial charge in [-0.05, 0) is 30.2 Å². The van der Waals surface area contributed by atoms with Crippen molar-refractivity contribution in [3.05, 3.63) is 78.4 Å². The molecule has 1 nitrogen and oxygen atoms in total. The van der Waals surface area contributed by atoms with Crippen molar-refractivity contribution in [3.8, 4) is 5.75 Å². The fraction of sp³-hybridized carbons (Fsp3) is 0.176. The second-order valence-electron chi connectivity index (χ2n) is 4.50. The molecular weight excluding hydrogens is 220 g/mol. The Morgan fingerprint density at radius 1 is 0.944 bits per heavy atom. The second-order valence-corrected chi connectivity index (χ2v) is 4.50. The third-order valence-corrected chi connectivity index (χ3v) is 3.47. The molecule has 1 atom stereocenters. The van der Waals surface area contributed by atoms with Gasteiger partial charge in [-0.3, -0.25) is 0 Å². The van der Waals surface area contributed by atoms with Gasteiger partial charge in [0.05, 0.1) is 7.11 Å². The van der Waals surface area contributed by atoms with Gasteiger partial charge in [0, 0.05) is 5.41 Å². The Labute approximate surface area is 109 Å². The molecule has 0 N–H and O–H groups in total. The van der Waals surface area contributed by atoms with E-state index in [1.165, 1.54) is 11.1 Å². The molecule has 2 aromatic carbocycles. The van der Waals surface area contributed by atoms with Crippen LogP contribution in [0.25, 0.3) is 0 Å². The molecule has 0 saturated heterocycles. The van der Waals surface area contributed by atoms with Crippen LogP contribution in [-0.2, 0) is 5.41 Å². The monoisotopic (exact) mass is 238 g/mol. The van der Waals surface area contributed by atoms with Gasteiger partial charge in [0.2, 0.25) is 0 Å². The molecule has 0 spiro atoms. The van der Waals surface area contributed by atoms with Crippen LogP contribution < -0.4 is 4.74 Å². The lowest BCUT2D eigenvalue weighted by molar-refractivity contribution is 0.414. The maximum atomic E-state index is 5.20. The van der Waals surface area contributed by atoms with E-state index in [0.29, 0.717) is 0 Å². The van der Waals surface area contributed by atoms with E-state index in [1.807, 2.05) is 24.3 Å². The zero-order valence-corrected chi connectivity index (χ0v) is 10.9. The highest BCUT2D eigenvalue weighted by molar-refractivity contribution is 5.44. The molecule has 0 aromatic heterocycles. The molecule has 0 heterocycles. The summed E-state index contributed by atoms with van der Waals surface area (Å²) in [6, 6.07) is 18.6. The molecule has 2 aromatic rings. The topological polar surface area (TPSA) is 9.23 Å². The summed E-state index contributed by atoms with van der Waals surface area (Å²) >= 11 is 0. The minimum absolute atomic E-state index is 0.173. The molecule has 0 bridgehead atoms. The lowest BCUT2D eigenvalue weighted by atomic mass is 9.76. The first kappa shape index (κ1) is 12.4.